The standard InChI is InChI=1S/C18H12N2O3S/c21-18-13-3-1-2-11(13)12-5-4-10(8-15(12)23-18)22-17-16-14(6-7-24-16)19-9-20-17/h4-9H,1-3H2. The van der Waals surface area contributed by atoms with E-state index in [4.69, 9.17) is 9.15 Å². The van der Waals surface area contributed by atoms with Gasteiger partial charge in [0.05, 0.1) is 5.52 Å². The summed E-state index contributed by atoms with van der Waals surface area (Å²) in [4.78, 5) is 20.5. The number of benzene rings is 1. The van der Waals surface area contributed by atoms with E-state index < -0.39 is 0 Å². The molecule has 0 radical (unpaired) electrons. The van der Waals surface area contributed by atoms with Crippen molar-refractivity contribution in [3.63, 3.8) is 0 Å². The van der Waals surface area contributed by atoms with Gasteiger partial charge in [-0.05, 0) is 48.4 Å². The molecule has 1 aliphatic carbocycles. The average Bonchev–Trinajstić information content (AvgIpc) is 3.25. The molecule has 0 saturated carbocycles. The Bertz CT molecular complexity index is 1150. The minimum Gasteiger partial charge on any atom is -0.437 e. The zero-order valence-corrected chi connectivity index (χ0v) is 13.4. The van der Waals surface area contributed by atoms with Crippen molar-refractivity contribution in [2.24, 2.45) is 0 Å². The molecule has 0 spiro atoms. The number of fused-ring (bicyclic) bond motifs is 4. The third kappa shape index (κ3) is 2.03. The molecule has 1 aliphatic rings. The molecule has 0 fully saturated rings. The van der Waals surface area contributed by atoms with E-state index in [0.29, 0.717) is 17.2 Å². The number of hydrogen-bond donors (Lipinski definition) is 0. The third-order valence-electron chi connectivity index (χ3n) is 4.37. The van der Waals surface area contributed by atoms with E-state index in [-0.39, 0.29) is 5.63 Å². The van der Waals surface area contributed by atoms with Gasteiger partial charge in [0.2, 0.25) is 5.88 Å². The van der Waals surface area contributed by atoms with Crippen molar-refractivity contribution >= 4 is 32.5 Å². The van der Waals surface area contributed by atoms with Crippen LogP contribution < -0.4 is 10.4 Å². The maximum atomic E-state index is 12.1. The molecule has 0 aliphatic heterocycles. The number of ether oxygens (including phenoxy) is 1. The van der Waals surface area contributed by atoms with Gasteiger partial charge in [0.1, 0.15) is 22.4 Å². The summed E-state index contributed by atoms with van der Waals surface area (Å²) in [6, 6.07) is 7.54. The van der Waals surface area contributed by atoms with Crippen molar-refractivity contribution in [1.82, 2.24) is 9.97 Å². The number of aromatic nitrogens is 2. The van der Waals surface area contributed by atoms with Crippen LogP contribution in [0.5, 0.6) is 11.6 Å². The minimum atomic E-state index is -0.227. The van der Waals surface area contributed by atoms with Crippen LogP contribution in [0.25, 0.3) is 21.2 Å². The largest absolute Gasteiger partial charge is 0.437 e. The predicted octanol–water partition coefficient (Wildman–Crippen LogP) is 4.08. The van der Waals surface area contributed by atoms with E-state index in [0.717, 1.165) is 46.0 Å². The molecule has 0 N–H and O–H groups in total. The van der Waals surface area contributed by atoms with E-state index in [2.05, 4.69) is 9.97 Å². The number of thiophene rings is 1. The summed E-state index contributed by atoms with van der Waals surface area (Å²) in [6.45, 7) is 0. The predicted molar refractivity (Wildman–Crippen MR) is 92.0 cm³/mol. The normalized spacial score (nSPS) is 13.5. The molecule has 0 saturated heterocycles. The summed E-state index contributed by atoms with van der Waals surface area (Å²) < 4.78 is 12.3. The van der Waals surface area contributed by atoms with Crippen LogP contribution >= 0.6 is 11.3 Å². The molecule has 4 aromatic rings. The molecule has 3 aromatic heterocycles. The number of hydrogen-bond acceptors (Lipinski definition) is 6. The lowest BCUT2D eigenvalue weighted by atomic mass is 10.1. The van der Waals surface area contributed by atoms with Gasteiger partial charge in [-0.3, -0.25) is 0 Å². The Morgan fingerprint density at radius 2 is 2.04 bits per heavy atom. The van der Waals surface area contributed by atoms with Gasteiger partial charge in [-0.25, -0.2) is 14.8 Å². The first kappa shape index (κ1) is 13.7. The van der Waals surface area contributed by atoms with Crippen LogP contribution in [0.1, 0.15) is 17.5 Å². The van der Waals surface area contributed by atoms with Crippen LogP contribution in [-0.2, 0) is 12.8 Å². The van der Waals surface area contributed by atoms with Crippen LogP contribution in [0, 0.1) is 0 Å². The summed E-state index contributed by atoms with van der Waals surface area (Å²) >= 11 is 1.53. The highest BCUT2D eigenvalue weighted by molar-refractivity contribution is 7.17. The highest BCUT2D eigenvalue weighted by Gasteiger charge is 2.20. The summed E-state index contributed by atoms with van der Waals surface area (Å²) in [7, 11) is 0. The quantitative estimate of drug-likeness (QED) is 0.516. The van der Waals surface area contributed by atoms with Gasteiger partial charge >= 0.3 is 5.63 Å². The Morgan fingerprint density at radius 3 is 3.00 bits per heavy atom. The molecular weight excluding hydrogens is 324 g/mol. The van der Waals surface area contributed by atoms with Crippen LogP contribution in [0.4, 0.5) is 0 Å². The van der Waals surface area contributed by atoms with Gasteiger partial charge in [0, 0.05) is 17.0 Å². The van der Waals surface area contributed by atoms with Gasteiger partial charge in [0.25, 0.3) is 0 Å². The van der Waals surface area contributed by atoms with Crippen molar-refractivity contribution in [3.05, 3.63) is 57.5 Å². The van der Waals surface area contributed by atoms with E-state index >= 15 is 0 Å². The topological polar surface area (TPSA) is 65.2 Å². The molecule has 0 atom stereocenters. The molecule has 6 heteroatoms. The fraction of sp³-hybridized carbons (Fsp3) is 0.167. The highest BCUT2D eigenvalue weighted by Crippen LogP contribution is 2.33. The lowest BCUT2D eigenvalue weighted by Crippen LogP contribution is -2.06. The van der Waals surface area contributed by atoms with Crippen LogP contribution in [-0.4, -0.2) is 9.97 Å². The molecule has 0 bridgehead atoms. The van der Waals surface area contributed by atoms with Crippen LogP contribution in [0.3, 0.4) is 0 Å². The van der Waals surface area contributed by atoms with Gasteiger partial charge in [0.15, 0.2) is 0 Å². The first-order chi connectivity index (χ1) is 11.8. The molecule has 24 heavy (non-hydrogen) atoms. The van der Waals surface area contributed by atoms with E-state index in [9.17, 15) is 4.79 Å². The Balaban J connectivity index is 1.62. The number of nitrogens with zero attached hydrogens (tertiary/aromatic N) is 2. The monoisotopic (exact) mass is 336 g/mol. The molecular formula is C18H12N2O3S. The molecule has 1 aromatic carbocycles. The van der Waals surface area contributed by atoms with Crippen LogP contribution in [0.15, 0.2) is 45.2 Å². The zero-order chi connectivity index (χ0) is 16.1. The van der Waals surface area contributed by atoms with Gasteiger partial charge in [-0.1, -0.05) is 0 Å². The summed E-state index contributed by atoms with van der Waals surface area (Å²) in [5.41, 5.74) is 3.14. The highest BCUT2D eigenvalue weighted by atomic mass is 32.1. The molecule has 5 rings (SSSR count). The fourth-order valence-corrected chi connectivity index (χ4v) is 4.05. The van der Waals surface area contributed by atoms with Crippen molar-refractivity contribution in [2.75, 3.05) is 0 Å². The van der Waals surface area contributed by atoms with E-state index in [1.807, 2.05) is 23.6 Å². The van der Waals surface area contributed by atoms with E-state index in [1.165, 1.54) is 17.7 Å². The van der Waals surface area contributed by atoms with Crippen molar-refractivity contribution < 1.29 is 9.15 Å². The summed E-state index contributed by atoms with van der Waals surface area (Å²) in [6.07, 6.45) is 4.23. The van der Waals surface area contributed by atoms with Gasteiger partial charge < -0.3 is 9.15 Å². The fourth-order valence-electron chi connectivity index (χ4n) is 3.28. The number of aryl methyl sites for hydroxylation is 1. The second-order valence-corrected chi connectivity index (χ2v) is 6.69. The summed E-state index contributed by atoms with van der Waals surface area (Å²) in [5.74, 6) is 1.11. The zero-order valence-electron chi connectivity index (χ0n) is 12.6. The van der Waals surface area contributed by atoms with Crippen molar-refractivity contribution in [1.29, 1.82) is 0 Å². The Morgan fingerprint density at radius 1 is 1.12 bits per heavy atom. The number of rotatable bonds is 2. The minimum absolute atomic E-state index is 0.227. The molecule has 3 heterocycles. The lowest BCUT2D eigenvalue weighted by molar-refractivity contribution is 0.467. The Kier molecular flexibility index (Phi) is 2.93. The second-order valence-electron chi connectivity index (χ2n) is 5.77. The smallest absolute Gasteiger partial charge is 0.339 e. The Labute approximate surface area is 140 Å². The third-order valence-corrected chi connectivity index (χ3v) is 5.26. The maximum Gasteiger partial charge on any atom is 0.339 e. The van der Waals surface area contributed by atoms with Gasteiger partial charge in [-0.15, -0.1) is 11.3 Å². The lowest BCUT2D eigenvalue weighted by Gasteiger charge is -2.08. The van der Waals surface area contributed by atoms with Crippen LogP contribution in [0.2, 0.25) is 0 Å². The van der Waals surface area contributed by atoms with E-state index in [1.54, 1.807) is 6.07 Å². The molecule has 118 valence electrons. The van der Waals surface area contributed by atoms with Crippen molar-refractivity contribution in [2.45, 2.75) is 19.3 Å². The maximum absolute atomic E-state index is 12.1. The Hall–Kier alpha value is -2.73. The molecule has 0 unspecified atom stereocenters. The molecule has 0 amide bonds. The molecule has 5 nitrogen and oxygen atoms in total. The average molecular weight is 336 g/mol. The first-order valence-corrected chi connectivity index (χ1v) is 8.62. The second kappa shape index (κ2) is 5.14. The SMILES string of the molecule is O=c1oc2cc(Oc3ncnc4ccsc34)ccc2c2c1CCC2. The van der Waals surface area contributed by atoms with Gasteiger partial charge in [-0.2, -0.15) is 0 Å². The first-order valence-electron chi connectivity index (χ1n) is 7.74. The van der Waals surface area contributed by atoms with Crippen molar-refractivity contribution in [3.8, 4) is 11.6 Å². The summed E-state index contributed by atoms with van der Waals surface area (Å²) in [5, 5.41) is 2.95.